The molecule has 0 saturated heterocycles. The second-order valence-corrected chi connectivity index (χ2v) is 7.66. The number of nitrogens with one attached hydrogen (secondary N) is 2. The van der Waals surface area contributed by atoms with Crippen molar-refractivity contribution in [1.29, 1.82) is 0 Å². The minimum Gasteiger partial charge on any atom is -0.436 e. The van der Waals surface area contributed by atoms with Crippen LogP contribution in [0.4, 0.5) is 5.69 Å². The largest absolute Gasteiger partial charge is 0.436 e. The van der Waals surface area contributed by atoms with E-state index in [1.165, 1.54) is 5.56 Å². The summed E-state index contributed by atoms with van der Waals surface area (Å²) in [4.78, 5) is 16.9. The van der Waals surface area contributed by atoms with Crippen LogP contribution in [0.3, 0.4) is 0 Å². The number of carbonyl (C=O) groups is 1. The fraction of sp³-hybridized carbons (Fsp3) is 0.125. The minimum absolute atomic E-state index is 0.238. The average Bonchev–Trinajstić information content (AvgIpc) is 3.18. The van der Waals surface area contributed by atoms with Crippen molar-refractivity contribution in [2.75, 3.05) is 5.32 Å². The predicted octanol–water partition coefficient (Wildman–Crippen LogP) is 5.75. The van der Waals surface area contributed by atoms with E-state index in [-0.39, 0.29) is 11.0 Å². The third kappa shape index (κ3) is 4.39. The zero-order valence-corrected chi connectivity index (χ0v) is 17.5. The van der Waals surface area contributed by atoms with Crippen LogP contribution in [0.1, 0.15) is 35.7 Å². The van der Waals surface area contributed by atoms with Crippen molar-refractivity contribution < 1.29 is 9.21 Å². The lowest BCUT2D eigenvalue weighted by molar-refractivity contribution is 0.0977. The molecule has 2 N–H and O–H groups in total. The molecule has 0 spiro atoms. The number of rotatable bonds is 4. The molecule has 5 nitrogen and oxygen atoms in total. The maximum absolute atomic E-state index is 12.4. The maximum Gasteiger partial charge on any atom is 0.257 e. The Morgan fingerprint density at radius 1 is 0.967 bits per heavy atom. The first-order valence-corrected chi connectivity index (χ1v) is 10.1. The number of benzene rings is 3. The first kappa shape index (κ1) is 19.8. The predicted molar refractivity (Wildman–Crippen MR) is 124 cm³/mol. The second-order valence-electron chi connectivity index (χ2n) is 7.25. The lowest BCUT2D eigenvalue weighted by Gasteiger charge is -2.11. The van der Waals surface area contributed by atoms with Gasteiger partial charge in [-0.05, 0) is 72.2 Å². The Morgan fingerprint density at radius 3 is 2.33 bits per heavy atom. The molecule has 0 aliphatic carbocycles. The smallest absolute Gasteiger partial charge is 0.257 e. The Labute approximate surface area is 180 Å². The molecule has 0 atom stereocenters. The molecule has 4 aromatic rings. The van der Waals surface area contributed by atoms with E-state index >= 15 is 0 Å². The van der Waals surface area contributed by atoms with Crippen LogP contribution in [-0.4, -0.2) is 16.0 Å². The molecule has 0 fully saturated rings. The molecular formula is C24H21N3O2S. The SMILES string of the molecule is CC(C)c1ccc(C(=O)NC(=S)Nc2ccc(-c3nc4ccccc4o3)cc2)cc1. The topological polar surface area (TPSA) is 67.2 Å². The Kier molecular flexibility index (Phi) is 5.59. The van der Waals surface area contributed by atoms with Gasteiger partial charge in [0.2, 0.25) is 5.89 Å². The van der Waals surface area contributed by atoms with Gasteiger partial charge in [0, 0.05) is 16.8 Å². The van der Waals surface area contributed by atoms with Crippen molar-refractivity contribution in [2.45, 2.75) is 19.8 Å². The fourth-order valence-electron chi connectivity index (χ4n) is 3.05. The third-order valence-corrected chi connectivity index (χ3v) is 4.95. The molecule has 3 aromatic carbocycles. The normalized spacial score (nSPS) is 10.9. The summed E-state index contributed by atoms with van der Waals surface area (Å²) in [5.41, 5.74) is 4.94. The van der Waals surface area contributed by atoms with Crippen LogP contribution >= 0.6 is 12.2 Å². The van der Waals surface area contributed by atoms with Gasteiger partial charge in [-0.3, -0.25) is 10.1 Å². The van der Waals surface area contributed by atoms with Crippen LogP contribution in [0.25, 0.3) is 22.6 Å². The van der Waals surface area contributed by atoms with E-state index in [9.17, 15) is 4.79 Å². The maximum atomic E-state index is 12.4. The van der Waals surface area contributed by atoms with Crippen LogP contribution in [0.2, 0.25) is 0 Å². The van der Waals surface area contributed by atoms with E-state index in [0.29, 0.717) is 17.4 Å². The Bertz CT molecular complexity index is 1160. The van der Waals surface area contributed by atoms with Crippen molar-refractivity contribution in [3.8, 4) is 11.5 Å². The minimum atomic E-state index is -0.245. The molecule has 150 valence electrons. The van der Waals surface area contributed by atoms with Crippen LogP contribution < -0.4 is 10.6 Å². The van der Waals surface area contributed by atoms with Crippen molar-refractivity contribution in [1.82, 2.24) is 10.3 Å². The number of thiocarbonyl (C=S) groups is 1. The van der Waals surface area contributed by atoms with Crippen LogP contribution in [0, 0.1) is 0 Å². The zero-order chi connectivity index (χ0) is 21.1. The number of amides is 1. The summed E-state index contributed by atoms with van der Waals surface area (Å²) in [6, 6.07) is 22.7. The highest BCUT2D eigenvalue weighted by molar-refractivity contribution is 7.80. The number of oxazole rings is 1. The van der Waals surface area contributed by atoms with Crippen molar-refractivity contribution in [3.63, 3.8) is 0 Å². The lowest BCUT2D eigenvalue weighted by atomic mass is 10.0. The molecule has 6 heteroatoms. The Hall–Kier alpha value is -3.51. The summed E-state index contributed by atoms with van der Waals surface area (Å²) in [6.07, 6.45) is 0. The van der Waals surface area contributed by atoms with Gasteiger partial charge in [0.1, 0.15) is 5.52 Å². The van der Waals surface area contributed by atoms with Crippen molar-refractivity contribution >= 4 is 40.0 Å². The quantitative estimate of drug-likeness (QED) is 0.416. The highest BCUT2D eigenvalue weighted by Gasteiger charge is 2.10. The average molecular weight is 416 g/mol. The van der Waals surface area contributed by atoms with Gasteiger partial charge in [-0.25, -0.2) is 4.98 Å². The molecule has 0 unspecified atom stereocenters. The molecule has 0 aliphatic heterocycles. The van der Waals surface area contributed by atoms with E-state index in [1.54, 1.807) is 0 Å². The number of carbonyl (C=O) groups excluding carboxylic acids is 1. The number of nitrogens with zero attached hydrogens (tertiary/aromatic N) is 1. The summed E-state index contributed by atoms with van der Waals surface area (Å²) in [7, 11) is 0. The third-order valence-electron chi connectivity index (χ3n) is 4.75. The lowest BCUT2D eigenvalue weighted by Crippen LogP contribution is -2.34. The molecule has 1 aromatic heterocycles. The van der Waals surface area contributed by atoms with E-state index in [0.717, 1.165) is 22.4 Å². The number of anilines is 1. The highest BCUT2D eigenvalue weighted by Crippen LogP contribution is 2.25. The molecule has 0 bridgehead atoms. The molecule has 4 rings (SSSR count). The monoisotopic (exact) mass is 415 g/mol. The summed E-state index contributed by atoms with van der Waals surface area (Å²) in [5, 5.41) is 5.97. The number of hydrogen-bond donors (Lipinski definition) is 2. The van der Waals surface area contributed by atoms with Crippen LogP contribution in [0.5, 0.6) is 0 Å². The summed E-state index contributed by atoms with van der Waals surface area (Å²) >= 11 is 5.28. The van der Waals surface area contributed by atoms with Crippen molar-refractivity contribution in [3.05, 3.63) is 83.9 Å². The van der Waals surface area contributed by atoms with E-state index in [4.69, 9.17) is 16.6 Å². The first-order valence-electron chi connectivity index (χ1n) is 9.68. The Morgan fingerprint density at radius 2 is 1.67 bits per heavy atom. The second kappa shape index (κ2) is 8.47. The molecule has 1 amide bonds. The van der Waals surface area contributed by atoms with Gasteiger partial charge < -0.3 is 9.73 Å². The van der Waals surface area contributed by atoms with Crippen LogP contribution in [0.15, 0.2) is 77.2 Å². The number of fused-ring (bicyclic) bond motifs is 1. The van der Waals surface area contributed by atoms with E-state index in [1.807, 2.05) is 72.8 Å². The van der Waals surface area contributed by atoms with Crippen LogP contribution in [-0.2, 0) is 0 Å². The number of hydrogen-bond acceptors (Lipinski definition) is 4. The molecule has 0 radical (unpaired) electrons. The fourth-order valence-corrected chi connectivity index (χ4v) is 3.26. The van der Waals surface area contributed by atoms with E-state index in [2.05, 4.69) is 29.5 Å². The number of aromatic nitrogens is 1. The van der Waals surface area contributed by atoms with Gasteiger partial charge in [-0.1, -0.05) is 38.1 Å². The van der Waals surface area contributed by atoms with Gasteiger partial charge in [0.25, 0.3) is 5.91 Å². The molecule has 0 saturated carbocycles. The number of para-hydroxylation sites is 2. The summed E-state index contributed by atoms with van der Waals surface area (Å²) in [5.74, 6) is 0.733. The standard InChI is InChI=1S/C24H21N3O2S/c1-15(2)16-7-9-17(10-8-16)22(28)27-24(30)25-19-13-11-18(12-14-19)23-26-20-5-3-4-6-21(20)29-23/h3-15H,1-2H3,(H2,25,27,28,30). The molecule has 0 aliphatic rings. The molecular weight excluding hydrogens is 394 g/mol. The zero-order valence-electron chi connectivity index (χ0n) is 16.7. The summed E-state index contributed by atoms with van der Waals surface area (Å²) in [6.45, 7) is 4.23. The summed E-state index contributed by atoms with van der Waals surface area (Å²) < 4.78 is 5.79. The van der Waals surface area contributed by atoms with Gasteiger partial charge in [0.05, 0.1) is 0 Å². The van der Waals surface area contributed by atoms with Gasteiger partial charge in [-0.15, -0.1) is 0 Å². The van der Waals surface area contributed by atoms with E-state index < -0.39 is 0 Å². The van der Waals surface area contributed by atoms with Gasteiger partial charge in [0.15, 0.2) is 10.7 Å². The first-order chi connectivity index (χ1) is 14.5. The molecule has 30 heavy (non-hydrogen) atoms. The van der Waals surface area contributed by atoms with Crippen molar-refractivity contribution in [2.24, 2.45) is 0 Å². The Balaban J connectivity index is 1.39. The van der Waals surface area contributed by atoms with Gasteiger partial charge >= 0.3 is 0 Å². The highest BCUT2D eigenvalue weighted by atomic mass is 32.1. The molecule has 1 heterocycles. The van der Waals surface area contributed by atoms with Gasteiger partial charge in [-0.2, -0.15) is 0 Å².